The fraction of sp³-hybridized carbons (Fsp3) is 0.458. The Morgan fingerprint density at radius 2 is 1.78 bits per heavy atom. The Kier molecular flexibility index (Phi) is 6.16. The van der Waals surface area contributed by atoms with E-state index in [1.165, 1.54) is 11.1 Å². The zero-order chi connectivity index (χ0) is 24.9. The first-order chi connectivity index (χ1) is 17.3. The zero-order valence-electron chi connectivity index (χ0n) is 20.4. The van der Waals surface area contributed by atoms with Crippen LogP contribution >= 0.6 is 11.3 Å². The van der Waals surface area contributed by atoms with Crippen LogP contribution in [0.5, 0.6) is 0 Å². The summed E-state index contributed by atoms with van der Waals surface area (Å²) in [6.07, 6.45) is 1.28. The van der Waals surface area contributed by atoms with Gasteiger partial charge in [0.05, 0.1) is 40.7 Å². The number of hydrogen-bond acceptors (Lipinski definition) is 9. The molecule has 0 radical (unpaired) electrons. The number of ether oxygens (including phenoxy) is 1. The lowest BCUT2D eigenvalue weighted by molar-refractivity contribution is 0.122. The molecule has 2 aliphatic heterocycles. The number of anilines is 1. The molecule has 2 aliphatic rings. The van der Waals surface area contributed by atoms with E-state index < -0.39 is 10.0 Å². The summed E-state index contributed by atoms with van der Waals surface area (Å²) in [5.41, 5.74) is 3.80. The Hall–Kier alpha value is -2.64. The number of nitrogens with zero attached hydrogens (tertiary/aromatic N) is 6. The lowest BCUT2D eigenvalue weighted by atomic mass is 10.2. The fourth-order valence-corrected chi connectivity index (χ4v) is 6.86. The van der Waals surface area contributed by atoms with Gasteiger partial charge in [-0.05, 0) is 31.2 Å². The molecule has 3 aromatic heterocycles. The molecule has 10 nitrogen and oxygen atoms in total. The van der Waals surface area contributed by atoms with Gasteiger partial charge in [0.2, 0.25) is 10.0 Å². The van der Waals surface area contributed by atoms with Crippen LogP contribution in [0.1, 0.15) is 10.7 Å². The molecule has 6 rings (SSSR count). The van der Waals surface area contributed by atoms with E-state index in [4.69, 9.17) is 14.7 Å². The van der Waals surface area contributed by atoms with Crippen LogP contribution in [0, 0.1) is 6.92 Å². The first-order valence-electron chi connectivity index (χ1n) is 12.1. The summed E-state index contributed by atoms with van der Waals surface area (Å²) in [5, 5.41) is 0. The SMILES string of the molecule is Cc1nc2ccc(-c3nc(N4CCOCC4)c4sc(CN5CCN(S(C)(=O)=O)CC5)cc4n3)cc2[nH]1. The molecule has 0 spiro atoms. The number of rotatable bonds is 5. The number of nitrogens with one attached hydrogen (secondary N) is 1. The number of piperazine rings is 1. The minimum absolute atomic E-state index is 0.530. The van der Waals surface area contributed by atoms with Gasteiger partial charge in [0.25, 0.3) is 0 Å². The Labute approximate surface area is 214 Å². The molecule has 0 amide bonds. The van der Waals surface area contributed by atoms with Gasteiger partial charge >= 0.3 is 0 Å². The molecular weight excluding hydrogens is 498 g/mol. The van der Waals surface area contributed by atoms with E-state index >= 15 is 0 Å². The second kappa shape index (κ2) is 9.34. The lowest BCUT2D eigenvalue weighted by Crippen LogP contribution is -2.47. The van der Waals surface area contributed by atoms with Crippen LogP contribution in [0.25, 0.3) is 32.6 Å². The standard InChI is InChI=1S/C24H29N7O3S2/c1-16-25-19-4-3-17(13-20(19)26-16)23-27-21-14-18(15-29-5-7-31(8-6-29)36(2,32)33)35-22(21)24(28-23)30-9-11-34-12-10-30/h3-4,13-14H,5-12,15H2,1-2H3,(H,25,26). The average Bonchev–Trinajstić information content (AvgIpc) is 3.44. The Morgan fingerprint density at radius 3 is 2.53 bits per heavy atom. The topological polar surface area (TPSA) is 108 Å². The number of aryl methyl sites for hydroxylation is 1. The number of hydrogen-bond donors (Lipinski definition) is 1. The summed E-state index contributed by atoms with van der Waals surface area (Å²) in [6, 6.07) is 8.26. The van der Waals surface area contributed by atoms with Gasteiger partial charge < -0.3 is 14.6 Å². The molecule has 0 aliphatic carbocycles. The molecule has 12 heteroatoms. The minimum atomic E-state index is -3.14. The normalized spacial score (nSPS) is 18.4. The number of aromatic nitrogens is 4. The number of H-pyrrole nitrogens is 1. The molecule has 1 aromatic carbocycles. The molecule has 0 bridgehead atoms. The second-order valence-electron chi connectivity index (χ2n) is 9.39. The van der Waals surface area contributed by atoms with Crippen LogP contribution in [-0.4, -0.2) is 96.3 Å². The molecule has 2 fully saturated rings. The van der Waals surface area contributed by atoms with Crippen molar-refractivity contribution < 1.29 is 13.2 Å². The Bertz CT molecular complexity index is 1520. The lowest BCUT2D eigenvalue weighted by Gasteiger charge is -2.32. The summed E-state index contributed by atoms with van der Waals surface area (Å²) in [6.45, 7) is 8.19. The number of thiophene rings is 1. The van der Waals surface area contributed by atoms with Crippen LogP contribution in [-0.2, 0) is 21.3 Å². The number of benzene rings is 1. The Morgan fingerprint density at radius 1 is 1.00 bits per heavy atom. The van der Waals surface area contributed by atoms with Crippen molar-refractivity contribution in [2.24, 2.45) is 0 Å². The molecule has 1 N–H and O–H groups in total. The first-order valence-corrected chi connectivity index (χ1v) is 14.8. The number of sulfonamides is 1. The van der Waals surface area contributed by atoms with Crippen molar-refractivity contribution in [2.45, 2.75) is 13.5 Å². The van der Waals surface area contributed by atoms with E-state index in [1.807, 2.05) is 19.1 Å². The van der Waals surface area contributed by atoms with Crippen molar-refractivity contribution in [3.63, 3.8) is 0 Å². The zero-order valence-corrected chi connectivity index (χ0v) is 22.0. The monoisotopic (exact) mass is 527 g/mol. The molecule has 0 saturated carbocycles. The fourth-order valence-electron chi connectivity index (χ4n) is 4.88. The molecule has 190 valence electrons. The summed E-state index contributed by atoms with van der Waals surface area (Å²) in [5.74, 6) is 2.54. The summed E-state index contributed by atoms with van der Waals surface area (Å²) in [7, 11) is -3.14. The van der Waals surface area contributed by atoms with E-state index in [1.54, 1.807) is 15.6 Å². The van der Waals surface area contributed by atoms with Gasteiger partial charge in [0.15, 0.2) is 11.6 Å². The van der Waals surface area contributed by atoms with Gasteiger partial charge in [0, 0.05) is 56.3 Å². The van der Waals surface area contributed by atoms with E-state index in [9.17, 15) is 8.42 Å². The highest BCUT2D eigenvalue weighted by atomic mass is 32.2. The third kappa shape index (κ3) is 4.71. The van der Waals surface area contributed by atoms with Gasteiger partial charge in [-0.2, -0.15) is 4.31 Å². The molecular formula is C24H29N7O3S2. The number of fused-ring (bicyclic) bond motifs is 2. The molecule has 2 saturated heterocycles. The van der Waals surface area contributed by atoms with Gasteiger partial charge in [-0.1, -0.05) is 0 Å². The maximum Gasteiger partial charge on any atom is 0.211 e. The van der Waals surface area contributed by atoms with Crippen LogP contribution in [0.4, 0.5) is 5.82 Å². The van der Waals surface area contributed by atoms with Crippen molar-refractivity contribution in [1.29, 1.82) is 0 Å². The van der Waals surface area contributed by atoms with Crippen molar-refractivity contribution in [1.82, 2.24) is 29.1 Å². The van der Waals surface area contributed by atoms with Gasteiger partial charge in [-0.25, -0.2) is 23.4 Å². The van der Waals surface area contributed by atoms with Crippen LogP contribution < -0.4 is 4.90 Å². The third-order valence-electron chi connectivity index (χ3n) is 6.75. The number of morpholine rings is 1. The van der Waals surface area contributed by atoms with E-state index in [0.29, 0.717) is 32.1 Å². The average molecular weight is 528 g/mol. The van der Waals surface area contributed by atoms with E-state index in [2.05, 4.69) is 31.9 Å². The molecule has 5 heterocycles. The minimum Gasteiger partial charge on any atom is -0.378 e. The van der Waals surface area contributed by atoms with E-state index in [-0.39, 0.29) is 0 Å². The predicted molar refractivity (Wildman–Crippen MR) is 142 cm³/mol. The number of aromatic amines is 1. The maximum absolute atomic E-state index is 11.9. The van der Waals surface area contributed by atoms with Crippen molar-refractivity contribution in [3.8, 4) is 11.4 Å². The molecule has 0 unspecified atom stereocenters. The van der Waals surface area contributed by atoms with Crippen molar-refractivity contribution in [3.05, 3.63) is 35.0 Å². The molecule has 36 heavy (non-hydrogen) atoms. The van der Waals surface area contributed by atoms with Crippen molar-refractivity contribution in [2.75, 3.05) is 63.6 Å². The van der Waals surface area contributed by atoms with E-state index in [0.717, 1.165) is 71.2 Å². The summed E-state index contributed by atoms with van der Waals surface area (Å²) < 4.78 is 31.9. The van der Waals surface area contributed by atoms with Gasteiger partial charge in [0.1, 0.15) is 5.82 Å². The predicted octanol–water partition coefficient (Wildman–Crippen LogP) is 2.46. The summed E-state index contributed by atoms with van der Waals surface area (Å²) in [4.78, 5) is 23.7. The quantitative estimate of drug-likeness (QED) is 0.422. The largest absolute Gasteiger partial charge is 0.378 e. The van der Waals surface area contributed by atoms with Crippen LogP contribution in [0.3, 0.4) is 0 Å². The Balaban J connectivity index is 1.34. The molecule has 0 atom stereocenters. The molecule has 4 aromatic rings. The van der Waals surface area contributed by atoms with Crippen LogP contribution in [0.15, 0.2) is 24.3 Å². The third-order valence-corrected chi connectivity index (χ3v) is 9.16. The van der Waals surface area contributed by atoms with Crippen LogP contribution in [0.2, 0.25) is 0 Å². The summed E-state index contributed by atoms with van der Waals surface area (Å²) >= 11 is 1.73. The highest BCUT2D eigenvalue weighted by Gasteiger charge is 2.25. The van der Waals surface area contributed by atoms with Gasteiger partial charge in [-0.15, -0.1) is 11.3 Å². The smallest absolute Gasteiger partial charge is 0.211 e. The maximum atomic E-state index is 11.9. The second-order valence-corrected chi connectivity index (χ2v) is 12.5. The highest BCUT2D eigenvalue weighted by molar-refractivity contribution is 7.88. The van der Waals surface area contributed by atoms with Gasteiger partial charge in [-0.3, -0.25) is 4.90 Å². The highest BCUT2D eigenvalue weighted by Crippen LogP contribution is 2.35. The number of imidazole rings is 1. The first kappa shape index (κ1) is 23.7. The van der Waals surface area contributed by atoms with Crippen molar-refractivity contribution >= 4 is 48.4 Å².